The van der Waals surface area contributed by atoms with E-state index < -0.39 is 0 Å². The minimum absolute atomic E-state index is 0. The van der Waals surface area contributed by atoms with Gasteiger partial charge in [0, 0.05) is 57.6 Å². The van der Waals surface area contributed by atoms with Gasteiger partial charge >= 0.3 is 0 Å². The molecule has 0 spiro atoms. The second kappa shape index (κ2) is 16.3. The van der Waals surface area contributed by atoms with E-state index >= 15 is 0 Å². The third kappa shape index (κ3) is 11.1. The molecule has 0 atom stereocenters. The Morgan fingerprint density at radius 3 is 2.67 bits per heavy atom. The first-order chi connectivity index (χ1) is 15.7. The van der Waals surface area contributed by atoms with Crippen molar-refractivity contribution in [2.75, 3.05) is 77.7 Å². The zero-order valence-corrected chi connectivity index (χ0v) is 22.5. The summed E-state index contributed by atoms with van der Waals surface area (Å²) in [6.45, 7) is 13.6. The van der Waals surface area contributed by atoms with Crippen LogP contribution in [0.25, 0.3) is 0 Å². The Hall–Kier alpha value is -1.30. The van der Waals surface area contributed by atoms with Crippen molar-refractivity contribution in [3.8, 4) is 11.5 Å². The summed E-state index contributed by atoms with van der Waals surface area (Å²) < 4.78 is 22.7. The highest BCUT2D eigenvalue weighted by atomic mass is 127. The Bertz CT molecular complexity index is 699. The monoisotopic (exact) mass is 576 g/mol. The number of benzene rings is 1. The molecule has 188 valence electrons. The summed E-state index contributed by atoms with van der Waals surface area (Å²) in [6.07, 6.45) is 2.85. The largest absolute Gasteiger partial charge is 0.490 e. The molecule has 1 aromatic carbocycles. The van der Waals surface area contributed by atoms with E-state index in [2.05, 4.69) is 29.4 Å². The van der Waals surface area contributed by atoms with Crippen molar-refractivity contribution in [2.24, 2.45) is 10.9 Å². The van der Waals surface area contributed by atoms with Gasteiger partial charge in [0.05, 0.1) is 26.4 Å². The number of rotatable bonds is 11. The number of morpholine rings is 1. The van der Waals surface area contributed by atoms with E-state index in [1.165, 1.54) is 0 Å². The van der Waals surface area contributed by atoms with Gasteiger partial charge in [0.15, 0.2) is 17.5 Å². The number of aliphatic imine (C=N–C) groups is 1. The zero-order valence-electron chi connectivity index (χ0n) is 20.1. The van der Waals surface area contributed by atoms with E-state index in [0.29, 0.717) is 25.7 Å². The first-order valence-electron chi connectivity index (χ1n) is 12.0. The maximum Gasteiger partial charge on any atom is 0.195 e. The molecule has 0 amide bonds. The molecule has 1 saturated heterocycles. The number of anilines is 1. The number of hydrogen-bond donors (Lipinski definition) is 2. The Morgan fingerprint density at radius 2 is 1.88 bits per heavy atom. The van der Waals surface area contributed by atoms with Gasteiger partial charge in [0.25, 0.3) is 0 Å². The summed E-state index contributed by atoms with van der Waals surface area (Å²) in [5.41, 5.74) is 0.935. The molecule has 0 aromatic heterocycles. The van der Waals surface area contributed by atoms with Crippen LogP contribution in [0.3, 0.4) is 0 Å². The summed E-state index contributed by atoms with van der Waals surface area (Å²) in [5, 5.41) is 6.90. The Morgan fingerprint density at radius 1 is 1.09 bits per heavy atom. The Balaban J connectivity index is 0.00000385. The van der Waals surface area contributed by atoms with Gasteiger partial charge in [-0.2, -0.15) is 0 Å². The molecule has 33 heavy (non-hydrogen) atoms. The van der Waals surface area contributed by atoms with Crippen LogP contribution in [-0.4, -0.2) is 83.2 Å². The molecule has 2 aliphatic rings. The molecule has 0 radical (unpaired) electrons. The summed E-state index contributed by atoms with van der Waals surface area (Å²) in [6, 6.07) is 5.94. The number of guanidine groups is 1. The SMILES string of the molecule is CC(C)COCCCN=C(NCCCN1CCOCC1)Nc1ccc2c(c1)OCCCO2.I. The molecule has 2 N–H and O–H groups in total. The van der Waals surface area contributed by atoms with Crippen molar-refractivity contribution in [2.45, 2.75) is 33.1 Å². The molecule has 3 rings (SSSR count). The smallest absolute Gasteiger partial charge is 0.195 e. The van der Waals surface area contributed by atoms with Gasteiger partial charge in [-0.3, -0.25) is 9.89 Å². The standard InChI is InChI=1S/C24H40N4O4.HI/c1-20(2)19-30-13-4-9-26-24(25-8-3-10-28-11-16-29-17-12-28)27-21-6-7-22-23(18-21)32-15-5-14-31-22;/h6-7,18,20H,3-5,8-17,19H2,1-2H3,(H2,25,26,27);1H. The van der Waals surface area contributed by atoms with Gasteiger partial charge in [-0.15, -0.1) is 24.0 Å². The minimum atomic E-state index is 0. The highest BCUT2D eigenvalue weighted by molar-refractivity contribution is 14.0. The lowest BCUT2D eigenvalue weighted by Crippen LogP contribution is -2.39. The molecule has 2 aliphatic heterocycles. The quantitative estimate of drug-likeness (QED) is 0.181. The van der Waals surface area contributed by atoms with E-state index in [4.69, 9.17) is 23.9 Å². The van der Waals surface area contributed by atoms with Crippen LogP contribution in [0.5, 0.6) is 11.5 Å². The molecule has 9 heteroatoms. The predicted molar refractivity (Wildman–Crippen MR) is 144 cm³/mol. The fourth-order valence-electron chi connectivity index (χ4n) is 3.53. The number of nitrogens with zero attached hydrogens (tertiary/aromatic N) is 2. The van der Waals surface area contributed by atoms with Crippen molar-refractivity contribution in [3.05, 3.63) is 18.2 Å². The molecule has 0 saturated carbocycles. The second-order valence-corrected chi connectivity index (χ2v) is 8.62. The second-order valence-electron chi connectivity index (χ2n) is 8.62. The highest BCUT2D eigenvalue weighted by Crippen LogP contribution is 2.32. The lowest BCUT2D eigenvalue weighted by Gasteiger charge is -2.26. The lowest BCUT2D eigenvalue weighted by atomic mass is 10.2. The average Bonchev–Trinajstić information content (AvgIpc) is 3.04. The van der Waals surface area contributed by atoms with Gasteiger partial charge in [-0.1, -0.05) is 13.8 Å². The van der Waals surface area contributed by atoms with Crippen molar-refractivity contribution in [1.29, 1.82) is 0 Å². The van der Waals surface area contributed by atoms with Crippen LogP contribution in [0.4, 0.5) is 5.69 Å². The first kappa shape index (κ1) is 27.9. The van der Waals surface area contributed by atoms with Gasteiger partial charge in [0.2, 0.25) is 0 Å². The van der Waals surface area contributed by atoms with E-state index in [-0.39, 0.29) is 24.0 Å². The topological polar surface area (TPSA) is 76.6 Å². The van der Waals surface area contributed by atoms with E-state index in [9.17, 15) is 0 Å². The Kier molecular flexibility index (Phi) is 13.8. The maximum absolute atomic E-state index is 5.82. The molecule has 0 bridgehead atoms. The number of halogens is 1. The van der Waals surface area contributed by atoms with Gasteiger partial charge in [-0.25, -0.2) is 0 Å². The number of hydrogen-bond acceptors (Lipinski definition) is 6. The van der Waals surface area contributed by atoms with Crippen molar-refractivity contribution in [1.82, 2.24) is 10.2 Å². The maximum atomic E-state index is 5.82. The fraction of sp³-hybridized carbons (Fsp3) is 0.708. The number of ether oxygens (including phenoxy) is 4. The zero-order chi connectivity index (χ0) is 22.4. The summed E-state index contributed by atoms with van der Waals surface area (Å²) in [7, 11) is 0. The van der Waals surface area contributed by atoms with Crippen LogP contribution < -0.4 is 20.1 Å². The predicted octanol–water partition coefficient (Wildman–Crippen LogP) is 3.61. The van der Waals surface area contributed by atoms with E-state index in [1.807, 2.05) is 18.2 Å². The third-order valence-electron chi connectivity index (χ3n) is 5.23. The van der Waals surface area contributed by atoms with Gasteiger partial charge in [-0.05, 0) is 37.4 Å². The highest BCUT2D eigenvalue weighted by Gasteiger charge is 2.12. The molecule has 1 fully saturated rings. The van der Waals surface area contributed by atoms with Crippen LogP contribution in [0.2, 0.25) is 0 Å². The van der Waals surface area contributed by atoms with Crippen molar-refractivity contribution < 1.29 is 18.9 Å². The summed E-state index contributed by atoms with van der Waals surface area (Å²) in [4.78, 5) is 7.21. The molecule has 0 aliphatic carbocycles. The summed E-state index contributed by atoms with van der Waals surface area (Å²) in [5.74, 6) is 2.92. The molecule has 0 unspecified atom stereocenters. The minimum Gasteiger partial charge on any atom is -0.490 e. The first-order valence-corrected chi connectivity index (χ1v) is 12.0. The van der Waals surface area contributed by atoms with Crippen molar-refractivity contribution in [3.63, 3.8) is 0 Å². The lowest BCUT2D eigenvalue weighted by molar-refractivity contribution is 0.0376. The van der Waals surface area contributed by atoms with Crippen LogP contribution >= 0.6 is 24.0 Å². The van der Waals surface area contributed by atoms with Crippen LogP contribution in [-0.2, 0) is 9.47 Å². The van der Waals surface area contributed by atoms with Gasteiger partial charge in [0.1, 0.15) is 0 Å². The average molecular weight is 577 g/mol. The number of nitrogens with one attached hydrogen (secondary N) is 2. The molecular formula is C24H41IN4O4. The third-order valence-corrected chi connectivity index (χ3v) is 5.23. The number of fused-ring (bicyclic) bond motifs is 1. The Labute approximate surface area is 215 Å². The van der Waals surface area contributed by atoms with Gasteiger partial charge < -0.3 is 29.6 Å². The molecule has 1 aromatic rings. The van der Waals surface area contributed by atoms with Crippen LogP contribution in [0, 0.1) is 5.92 Å². The van der Waals surface area contributed by atoms with Crippen LogP contribution in [0.15, 0.2) is 23.2 Å². The van der Waals surface area contributed by atoms with Crippen molar-refractivity contribution >= 4 is 35.6 Å². The van der Waals surface area contributed by atoms with E-state index in [1.54, 1.807) is 0 Å². The molecular weight excluding hydrogens is 535 g/mol. The fourth-order valence-corrected chi connectivity index (χ4v) is 3.53. The molecule has 2 heterocycles. The van der Waals surface area contributed by atoms with Crippen LogP contribution in [0.1, 0.15) is 33.1 Å². The molecule has 8 nitrogen and oxygen atoms in total. The summed E-state index contributed by atoms with van der Waals surface area (Å²) >= 11 is 0. The van der Waals surface area contributed by atoms with E-state index in [0.717, 1.165) is 95.0 Å². The normalized spacial score (nSPS) is 16.8.